The molecule has 0 heterocycles. The van der Waals surface area contributed by atoms with Crippen molar-refractivity contribution in [3.8, 4) is 0 Å². The number of carbonyl (C=O) groups is 2. The van der Waals surface area contributed by atoms with Crippen LogP contribution in [-0.2, 0) is 9.59 Å². The summed E-state index contributed by atoms with van der Waals surface area (Å²) in [5.74, 6) is -0.770. The molecule has 0 aromatic heterocycles. The van der Waals surface area contributed by atoms with E-state index >= 15 is 0 Å². The Bertz CT molecular complexity index is 487. The molecular weight excluding hydrogens is 334 g/mol. The minimum absolute atomic E-state index is 0.00155. The number of hydrogen-bond donors (Lipinski definition) is 1. The Hall–Kier alpha value is -1.36. The minimum Gasteiger partial charge on any atom is -0.481 e. The minimum atomic E-state index is -0.880. The van der Waals surface area contributed by atoms with Gasteiger partial charge in [0.15, 0.2) is 0 Å². The second kappa shape index (κ2) is 8.17. The summed E-state index contributed by atoms with van der Waals surface area (Å²) in [6.45, 7) is 6.19. The molecule has 5 heteroatoms. The first-order valence-corrected chi connectivity index (χ1v) is 7.91. The molecule has 116 valence electrons. The van der Waals surface area contributed by atoms with Gasteiger partial charge >= 0.3 is 5.97 Å². The molecule has 0 aliphatic carbocycles. The maximum atomic E-state index is 12.4. The standard InChI is InChI=1S/C16H22BrNO3/c1-4-18(12(3)10-16(20)21)15(19)9-11(2)13-5-7-14(17)8-6-13/h5-8,11-12H,4,9-10H2,1-3H3,(H,20,21). The van der Waals surface area contributed by atoms with Crippen molar-refractivity contribution in [1.82, 2.24) is 4.90 Å². The molecule has 0 bridgehead atoms. The van der Waals surface area contributed by atoms with E-state index in [0.717, 1.165) is 10.0 Å². The number of aliphatic carboxylic acids is 1. The van der Waals surface area contributed by atoms with Gasteiger partial charge in [-0.3, -0.25) is 9.59 Å². The van der Waals surface area contributed by atoms with Crippen LogP contribution in [0.25, 0.3) is 0 Å². The number of rotatable bonds is 7. The summed E-state index contributed by atoms with van der Waals surface area (Å²) < 4.78 is 1.01. The molecule has 4 nitrogen and oxygen atoms in total. The molecule has 1 amide bonds. The molecule has 0 saturated heterocycles. The number of halogens is 1. The molecule has 21 heavy (non-hydrogen) atoms. The Morgan fingerprint density at radius 3 is 2.24 bits per heavy atom. The fourth-order valence-electron chi connectivity index (χ4n) is 2.39. The van der Waals surface area contributed by atoms with Crippen LogP contribution in [0.15, 0.2) is 28.7 Å². The molecule has 0 saturated carbocycles. The van der Waals surface area contributed by atoms with E-state index in [1.54, 1.807) is 11.8 Å². The van der Waals surface area contributed by atoms with Gasteiger partial charge in [0.2, 0.25) is 5.91 Å². The highest BCUT2D eigenvalue weighted by Gasteiger charge is 2.22. The van der Waals surface area contributed by atoms with Crippen LogP contribution in [0.4, 0.5) is 0 Å². The lowest BCUT2D eigenvalue weighted by atomic mass is 9.97. The third kappa shape index (κ3) is 5.50. The van der Waals surface area contributed by atoms with Crippen LogP contribution in [0.5, 0.6) is 0 Å². The van der Waals surface area contributed by atoms with Crippen molar-refractivity contribution in [2.75, 3.05) is 6.54 Å². The first-order chi connectivity index (χ1) is 9.85. The Labute approximate surface area is 134 Å². The highest BCUT2D eigenvalue weighted by Crippen LogP contribution is 2.22. The molecule has 1 N–H and O–H groups in total. The maximum absolute atomic E-state index is 12.4. The molecule has 2 atom stereocenters. The molecule has 1 aromatic rings. The van der Waals surface area contributed by atoms with E-state index in [4.69, 9.17) is 5.11 Å². The zero-order valence-electron chi connectivity index (χ0n) is 12.7. The monoisotopic (exact) mass is 355 g/mol. The van der Waals surface area contributed by atoms with Gasteiger partial charge in [0.05, 0.1) is 6.42 Å². The fraction of sp³-hybridized carbons (Fsp3) is 0.500. The van der Waals surface area contributed by atoms with Crippen LogP contribution in [-0.4, -0.2) is 34.5 Å². The second-order valence-corrected chi connectivity index (χ2v) is 6.20. The van der Waals surface area contributed by atoms with E-state index < -0.39 is 5.97 Å². The number of carboxylic acid groups (broad SMARTS) is 1. The van der Waals surface area contributed by atoms with Crippen molar-refractivity contribution in [2.45, 2.75) is 45.6 Å². The first-order valence-electron chi connectivity index (χ1n) is 7.11. The summed E-state index contributed by atoms with van der Waals surface area (Å²) in [7, 11) is 0. The molecule has 0 spiro atoms. The van der Waals surface area contributed by atoms with Crippen LogP contribution in [0.3, 0.4) is 0 Å². The van der Waals surface area contributed by atoms with Crippen LogP contribution < -0.4 is 0 Å². The number of carbonyl (C=O) groups excluding carboxylic acids is 1. The van der Waals surface area contributed by atoms with Crippen molar-refractivity contribution < 1.29 is 14.7 Å². The predicted molar refractivity (Wildman–Crippen MR) is 86.3 cm³/mol. The van der Waals surface area contributed by atoms with E-state index in [9.17, 15) is 9.59 Å². The zero-order chi connectivity index (χ0) is 16.0. The quantitative estimate of drug-likeness (QED) is 0.811. The van der Waals surface area contributed by atoms with Gasteiger partial charge in [0.1, 0.15) is 0 Å². The van der Waals surface area contributed by atoms with Gasteiger partial charge < -0.3 is 10.0 Å². The molecule has 1 rings (SSSR count). The highest BCUT2D eigenvalue weighted by molar-refractivity contribution is 9.10. The topological polar surface area (TPSA) is 57.6 Å². The molecule has 0 fully saturated rings. The van der Waals surface area contributed by atoms with Crippen LogP contribution in [0, 0.1) is 0 Å². The third-order valence-corrected chi connectivity index (χ3v) is 4.11. The Kier molecular flexibility index (Phi) is 6.89. The number of nitrogens with zero attached hydrogens (tertiary/aromatic N) is 1. The summed E-state index contributed by atoms with van der Waals surface area (Å²) in [6.07, 6.45) is 0.367. The van der Waals surface area contributed by atoms with Gasteiger partial charge in [-0.2, -0.15) is 0 Å². The largest absolute Gasteiger partial charge is 0.481 e. The van der Waals surface area contributed by atoms with Crippen molar-refractivity contribution in [3.05, 3.63) is 34.3 Å². The molecule has 1 aromatic carbocycles. The van der Waals surface area contributed by atoms with Crippen LogP contribution in [0.2, 0.25) is 0 Å². The maximum Gasteiger partial charge on any atom is 0.305 e. The molecular formula is C16H22BrNO3. The summed E-state index contributed by atoms with van der Waals surface area (Å²) >= 11 is 3.39. The van der Waals surface area contributed by atoms with E-state index in [1.165, 1.54) is 0 Å². The van der Waals surface area contributed by atoms with Crippen LogP contribution in [0.1, 0.15) is 45.1 Å². The normalized spacial score (nSPS) is 13.5. The molecule has 0 radical (unpaired) electrons. The number of amides is 1. The van der Waals surface area contributed by atoms with E-state index in [0.29, 0.717) is 13.0 Å². The Morgan fingerprint density at radius 1 is 1.19 bits per heavy atom. The van der Waals surface area contributed by atoms with E-state index in [-0.39, 0.29) is 24.3 Å². The fourth-order valence-corrected chi connectivity index (χ4v) is 2.65. The smallest absolute Gasteiger partial charge is 0.305 e. The molecule has 0 aliphatic heterocycles. The van der Waals surface area contributed by atoms with Gasteiger partial charge in [0, 0.05) is 23.5 Å². The molecule has 0 aliphatic rings. The Balaban J connectivity index is 2.68. The number of carboxylic acids is 1. The average molecular weight is 356 g/mol. The summed E-state index contributed by atoms with van der Waals surface area (Å²) in [5, 5.41) is 8.85. The number of hydrogen-bond acceptors (Lipinski definition) is 2. The summed E-state index contributed by atoms with van der Waals surface area (Å²) in [4.78, 5) is 24.8. The van der Waals surface area contributed by atoms with Gasteiger partial charge in [-0.05, 0) is 37.5 Å². The van der Waals surface area contributed by atoms with Crippen LogP contribution >= 0.6 is 15.9 Å². The van der Waals surface area contributed by atoms with Gasteiger partial charge in [-0.1, -0.05) is 35.0 Å². The lowest BCUT2D eigenvalue weighted by molar-refractivity contribution is -0.140. The summed E-state index contributed by atoms with van der Waals surface area (Å²) in [6, 6.07) is 7.64. The first kappa shape index (κ1) is 17.7. The zero-order valence-corrected chi connectivity index (χ0v) is 14.3. The van der Waals surface area contributed by atoms with E-state index in [2.05, 4.69) is 15.9 Å². The third-order valence-electron chi connectivity index (χ3n) is 3.58. The number of benzene rings is 1. The predicted octanol–water partition coefficient (Wildman–Crippen LogP) is 3.65. The van der Waals surface area contributed by atoms with E-state index in [1.807, 2.05) is 38.1 Å². The van der Waals surface area contributed by atoms with Crippen molar-refractivity contribution in [1.29, 1.82) is 0 Å². The highest BCUT2D eigenvalue weighted by atomic mass is 79.9. The van der Waals surface area contributed by atoms with Crippen molar-refractivity contribution >= 4 is 27.8 Å². The second-order valence-electron chi connectivity index (χ2n) is 5.28. The van der Waals surface area contributed by atoms with Crippen molar-refractivity contribution in [2.24, 2.45) is 0 Å². The Morgan fingerprint density at radius 2 is 1.76 bits per heavy atom. The van der Waals surface area contributed by atoms with Crippen molar-refractivity contribution in [3.63, 3.8) is 0 Å². The summed E-state index contributed by atoms with van der Waals surface area (Å²) in [5.41, 5.74) is 1.11. The average Bonchev–Trinajstić information content (AvgIpc) is 2.39. The SMILES string of the molecule is CCN(C(=O)CC(C)c1ccc(Br)cc1)C(C)CC(=O)O. The van der Waals surface area contributed by atoms with Gasteiger partial charge in [-0.15, -0.1) is 0 Å². The lowest BCUT2D eigenvalue weighted by Gasteiger charge is -2.28. The molecule has 2 unspecified atom stereocenters. The van der Waals surface area contributed by atoms with Gasteiger partial charge in [0.25, 0.3) is 0 Å². The lowest BCUT2D eigenvalue weighted by Crippen LogP contribution is -2.40. The van der Waals surface area contributed by atoms with Gasteiger partial charge in [-0.25, -0.2) is 0 Å².